The molecule has 0 aliphatic rings. The standard InChI is InChI=1S/C14H17F2NO3/c1-3-20-14(19)7-6-13(18)17-9(2)10-4-5-11(15)12(16)8-10/h4-5,8-9H,3,6-7H2,1-2H3,(H,17,18). The van der Waals surface area contributed by atoms with Crippen LogP contribution in [0.2, 0.25) is 0 Å². The van der Waals surface area contributed by atoms with Crippen molar-refractivity contribution < 1.29 is 23.1 Å². The van der Waals surface area contributed by atoms with E-state index in [9.17, 15) is 18.4 Å². The van der Waals surface area contributed by atoms with E-state index >= 15 is 0 Å². The first-order valence-electron chi connectivity index (χ1n) is 6.34. The molecule has 0 heterocycles. The molecule has 1 aromatic carbocycles. The third-order valence-corrected chi connectivity index (χ3v) is 2.68. The summed E-state index contributed by atoms with van der Waals surface area (Å²) in [6.45, 7) is 3.60. The van der Waals surface area contributed by atoms with Crippen LogP contribution in [0.5, 0.6) is 0 Å². The van der Waals surface area contributed by atoms with Gasteiger partial charge in [0, 0.05) is 6.42 Å². The summed E-state index contributed by atoms with van der Waals surface area (Å²) in [7, 11) is 0. The summed E-state index contributed by atoms with van der Waals surface area (Å²) >= 11 is 0. The second-order valence-corrected chi connectivity index (χ2v) is 4.27. The molecule has 0 spiro atoms. The van der Waals surface area contributed by atoms with Gasteiger partial charge in [0.25, 0.3) is 0 Å². The zero-order valence-corrected chi connectivity index (χ0v) is 11.4. The van der Waals surface area contributed by atoms with Gasteiger partial charge in [-0.3, -0.25) is 9.59 Å². The molecule has 1 amide bonds. The zero-order valence-electron chi connectivity index (χ0n) is 11.4. The van der Waals surface area contributed by atoms with Crippen molar-refractivity contribution in [3.8, 4) is 0 Å². The molecule has 0 aliphatic carbocycles. The molecule has 1 N–H and O–H groups in total. The fourth-order valence-corrected chi connectivity index (χ4v) is 1.63. The Morgan fingerprint density at radius 2 is 1.95 bits per heavy atom. The summed E-state index contributed by atoms with van der Waals surface area (Å²) in [4.78, 5) is 22.7. The van der Waals surface area contributed by atoms with E-state index in [1.807, 2.05) is 0 Å². The first-order valence-corrected chi connectivity index (χ1v) is 6.34. The van der Waals surface area contributed by atoms with Crippen molar-refractivity contribution in [2.75, 3.05) is 6.61 Å². The third-order valence-electron chi connectivity index (χ3n) is 2.68. The minimum Gasteiger partial charge on any atom is -0.466 e. The smallest absolute Gasteiger partial charge is 0.306 e. The Hall–Kier alpha value is -1.98. The average Bonchev–Trinajstić information content (AvgIpc) is 2.40. The van der Waals surface area contributed by atoms with Crippen LogP contribution >= 0.6 is 0 Å². The quantitative estimate of drug-likeness (QED) is 0.817. The van der Waals surface area contributed by atoms with Crippen LogP contribution in [0.3, 0.4) is 0 Å². The molecule has 0 fully saturated rings. The highest BCUT2D eigenvalue weighted by molar-refractivity contribution is 5.81. The van der Waals surface area contributed by atoms with E-state index < -0.39 is 23.6 Å². The third kappa shape index (κ3) is 4.95. The fraction of sp³-hybridized carbons (Fsp3) is 0.429. The van der Waals surface area contributed by atoms with Crippen LogP contribution in [-0.4, -0.2) is 18.5 Å². The van der Waals surface area contributed by atoms with Crippen molar-refractivity contribution in [2.24, 2.45) is 0 Å². The normalized spacial score (nSPS) is 11.8. The molecule has 0 saturated heterocycles. The minimum absolute atomic E-state index is 0.00709. The number of ether oxygens (including phenoxy) is 1. The predicted molar refractivity (Wildman–Crippen MR) is 68.8 cm³/mol. The lowest BCUT2D eigenvalue weighted by Crippen LogP contribution is -2.27. The number of rotatable bonds is 6. The van der Waals surface area contributed by atoms with Gasteiger partial charge >= 0.3 is 5.97 Å². The highest BCUT2D eigenvalue weighted by Gasteiger charge is 2.13. The lowest BCUT2D eigenvalue weighted by atomic mass is 10.1. The molecule has 0 saturated carbocycles. The number of carbonyl (C=O) groups excluding carboxylic acids is 2. The lowest BCUT2D eigenvalue weighted by Gasteiger charge is -2.14. The molecular formula is C14H17F2NO3. The Labute approximate surface area is 116 Å². The minimum atomic E-state index is -0.963. The van der Waals surface area contributed by atoms with Crippen LogP contribution in [0.4, 0.5) is 8.78 Å². The molecule has 110 valence electrons. The fourth-order valence-electron chi connectivity index (χ4n) is 1.63. The SMILES string of the molecule is CCOC(=O)CCC(=O)NC(C)c1ccc(F)c(F)c1. The summed E-state index contributed by atoms with van der Waals surface area (Å²) < 4.78 is 30.6. The molecule has 0 aromatic heterocycles. The van der Waals surface area contributed by atoms with E-state index in [1.165, 1.54) is 6.07 Å². The maximum Gasteiger partial charge on any atom is 0.306 e. The van der Waals surface area contributed by atoms with E-state index in [-0.39, 0.29) is 25.4 Å². The van der Waals surface area contributed by atoms with Crippen LogP contribution < -0.4 is 5.32 Å². The molecule has 1 rings (SSSR count). The molecule has 6 heteroatoms. The molecular weight excluding hydrogens is 268 g/mol. The number of esters is 1. The number of amides is 1. The Bertz CT molecular complexity index is 491. The zero-order chi connectivity index (χ0) is 15.1. The van der Waals surface area contributed by atoms with E-state index in [2.05, 4.69) is 5.32 Å². The van der Waals surface area contributed by atoms with E-state index in [1.54, 1.807) is 13.8 Å². The van der Waals surface area contributed by atoms with E-state index in [4.69, 9.17) is 4.74 Å². The van der Waals surface area contributed by atoms with Crippen LogP contribution in [0.25, 0.3) is 0 Å². The molecule has 4 nitrogen and oxygen atoms in total. The van der Waals surface area contributed by atoms with Crippen LogP contribution in [-0.2, 0) is 14.3 Å². The van der Waals surface area contributed by atoms with Crippen LogP contribution in [0, 0.1) is 11.6 Å². The Morgan fingerprint density at radius 3 is 2.55 bits per heavy atom. The summed E-state index contributed by atoms with van der Waals surface area (Å²) in [5.41, 5.74) is 0.452. The first-order chi connectivity index (χ1) is 9.43. The number of hydrogen-bond acceptors (Lipinski definition) is 3. The topological polar surface area (TPSA) is 55.4 Å². The maximum atomic E-state index is 13.1. The van der Waals surface area contributed by atoms with E-state index in [0.29, 0.717) is 5.56 Å². The summed E-state index contributed by atoms with van der Waals surface area (Å²) in [5, 5.41) is 2.60. The van der Waals surface area contributed by atoms with Crippen molar-refractivity contribution in [2.45, 2.75) is 32.7 Å². The first kappa shape index (κ1) is 16.1. The molecule has 1 unspecified atom stereocenters. The van der Waals surface area contributed by atoms with Gasteiger partial charge in [-0.05, 0) is 31.5 Å². The van der Waals surface area contributed by atoms with Gasteiger partial charge in [0.05, 0.1) is 19.1 Å². The number of nitrogens with one attached hydrogen (secondary N) is 1. The molecule has 0 bridgehead atoms. The van der Waals surface area contributed by atoms with Crippen molar-refractivity contribution in [1.82, 2.24) is 5.32 Å². The summed E-state index contributed by atoms with van der Waals surface area (Å²) in [5.74, 6) is -2.69. The van der Waals surface area contributed by atoms with Gasteiger partial charge in [-0.2, -0.15) is 0 Å². The van der Waals surface area contributed by atoms with Crippen molar-refractivity contribution in [1.29, 1.82) is 0 Å². The van der Waals surface area contributed by atoms with E-state index in [0.717, 1.165) is 12.1 Å². The second-order valence-electron chi connectivity index (χ2n) is 4.27. The number of carbonyl (C=O) groups is 2. The van der Waals surface area contributed by atoms with Gasteiger partial charge in [-0.25, -0.2) is 8.78 Å². The largest absolute Gasteiger partial charge is 0.466 e. The highest BCUT2D eigenvalue weighted by atomic mass is 19.2. The number of halogens is 2. The number of hydrogen-bond donors (Lipinski definition) is 1. The van der Waals surface area contributed by atoms with Crippen molar-refractivity contribution in [3.63, 3.8) is 0 Å². The molecule has 1 aromatic rings. The lowest BCUT2D eigenvalue weighted by molar-refractivity contribution is -0.144. The molecule has 1 atom stereocenters. The van der Waals surface area contributed by atoms with Gasteiger partial charge in [-0.1, -0.05) is 6.07 Å². The Balaban J connectivity index is 2.48. The number of benzene rings is 1. The monoisotopic (exact) mass is 285 g/mol. The average molecular weight is 285 g/mol. The van der Waals surface area contributed by atoms with Gasteiger partial charge in [0.2, 0.25) is 5.91 Å². The van der Waals surface area contributed by atoms with Crippen molar-refractivity contribution >= 4 is 11.9 Å². The van der Waals surface area contributed by atoms with Gasteiger partial charge in [0.15, 0.2) is 11.6 Å². The second kappa shape index (κ2) is 7.57. The van der Waals surface area contributed by atoms with Gasteiger partial charge in [0.1, 0.15) is 0 Å². The Kier molecular flexibility index (Phi) is 6.09. The van der Waals surface area contributed by atoms with Crippen LogP contribution in [0.15, 0.2) is 18.2 Å². The van der Waals surface area contributed by atoms with Gasteiger partial charge < -0.3 is 10.1 Å². The van der Waals surface area contributed by atoms with Crippen LogP contribution in [0.1, 0.15) is 38.3 Å². The molecule has 20 heavy (non-hydrogen) atoms. The Morgan fingerprint density at radius 1 is 1.25 bits per heavy atom. The molecule has 0 radical (unpaired) electrons. The predicted octanol–water partition coefficient (Wildman–Crippen LogP) is 2.49. The van der Waals surface area contributed by atoms with Gasteiger partial charge in [-0.15, -0.1) is 0 Å². The summed E-state index contributed by atoms with van der Waals surface area (Å²) in [6, 6.07) is 2.96. The maximum absolute atomic E-state index is 13.1. The molecule has 0 aliphatic heterocycles. The van der Waals surface area contributed by atoms with Crippen molar-refractivity contribution in [3.05, 3.63) is 35.4 Å². The highest BCUT2D eigenvalue weighted by Crippen LogP contribution is 2.16. The summed E-state index contributed by atoms with van der Waals surface area (Å²) in [6.07, 6.45) is -0.0168.